The van der Waals surface area contributed by atoms with Gasteiger partial charge in [-0.25, -0.2) is 28.1 Å². The number of nitrogens with one attached hydrogen (secondary N) is 1. The predicted octanol–water partition coefficient (Wildman–Crippen LogP) is 4.77. The van der Waals surface area contributed by atoms with Gasteiger partial charge in [-0.3, -0.25) is 0 Å². The third-order valence-corrected chi connectivity index (χ3v) is 7.47. The van der Waals surface area contributed by atoms with Crippen LogP contribution in [0.4, 0.5) is 19.1 Å². The first kappa shape index (κ1) is 23.0. The molecule has 2 aromatic carbocycles. The number of hydrogen-bond donors (Lipinski definition) is 1. The highest BCUT2D eigenvalue weighted by atomic mass is 32.2. The zero-order chi connectivity index (χ0) is 24.8. The van der Waals surface area contributed by atoms with Gasteiger partial charge in [0.2, 0.25) is 5.95 Å². The van der Waals surface area contributed by atoms with Gasteiger partial charge < -0.3 is 4.57 Å². The number of benzene rings is 2. The molecular weight excluding hydrogens is 479 g/mol. The van der Waals surface area contributed by atoms with Crippen LogP contribution in [0.5, 0.6) is 0 Å². The van der Waals surface area contributed by atoms with Crippen molar-refractivity contribution >= 4 is 16.0 Å². The molecule has 5 rings (SSSR count). The fraction of sp³-hybridized carbons (Fsp3) is 0.208. The number of imidazole rings is 1. The third kappa shape index (κ3) is 4.39. The molecule has 0 bridgehead atoms. The molecule has 2 aromatic heterocycles. The monoisotopic (exact) mass is 499 g/mol. The molecule has 1 atom stereocenters. The van der Waals surface area contributed by atoms with E-state index in [4.69, 9.17) is 0 Å². The highest BCUT2D eigenvalue weighted by Gasteiger charge is 2.34. The minimum atomic E-state index is -4.47. The van der Waals surface area contributed by atoms with E-state index in [-0.39, 0.29) is 16.8 Å². The Hall–Kier alpha value is -3.73. The van der Waals surface area contributed by atoms with Crippen LogP contribution >= 0.6 is 0 Å². The zero-order valence-electron chi connectivity index (χ0n) is 18.5. The highest BCUT2D eigenvalue weighted by molar-refractivity contribution is 7.92. The molecule has 4 aromatic rings. The van der Waals surface area contributed by atoms with E-state index in [1.807, 2.05) is 0 Å². The maximum absolute atomic E-state index is 13.5. The van der Waals surface area contributed by atoms with Gasteiger partial charge >= 0.3 is 6.18 Å². The van der Waals surface area contributed by atoms with Crippen molar-refractivity contribution in [3.63, 3.8) is 0 Å². The Kier molecular flexibility index (Phi) is 5.59. The summed E-state index contributed by atoms with van der Waals surface area (Å²) in [6.07, 6.45) is 2.72. The molecule has 1 N–H and O–H groups in total. The van der Waals surface area contributed by atoms with E-state index in [1.165, 1.54) is 24.5 Å². The Morgan fingerprint density at radius 3 is 2.49 bits per heavy atom. The Balaban J connectivity index is 1.53. The first-order chi connectivity index (χ1) is 16.6. The normalized spacial score (nSPS) is 15.7. The molecule has 11 heteroatoms. The van der Waals surface area contributed by atoms with Gasteiger partial charge in [0, 0.05) is 30.9 Å². The van der Waals surface area contributed by atoms with Crippen LogP contribution in [0.15, 0.2) is 72.3 Å². The van der Waals surface area contributed by atoms with E-state index in [9.17, 15) is 21.6 Å². The molecule has 0 unspecified atom stereocenters. The van der Waals surface area contributed by atoms with Crippen LogP contribution in [0.2, 0.25) is 0 Å². The average Bonchev–Trinajstić information content (AvgIpc) is 3.44. The fourth-order valence-electron chi connectivity index (χ4n) is 4.49. The van der Waals surface area contributed by atoms with Gasteiger partial charge in [0.25, 0.3) is 10.0 Å². The highest BCUT2D eigenvalue weighted by Crippen LogP contribution is 2.44. The van der Waals surface area contributed by atoms with Crippen LogP contribution in [0.1, 0.15) is 34.6 Å². The average molecular weight is 500 g/mol. The lowest BCUT2D eigenvalue weighted by Gasteiger charge is -2.19. The summed E-state index contributed by atoms with van der Waals surface area (Å²) in [6.45, 7) is 0. The van der Waals surface area contributed by atoms with Crippen LogP contribution in [-0.4, -0.2) is 27.9 Å². The molecule has 0 spiro atoms. The molecule has 1 aliphatic carbocycles. The van der Waals surface area contributed by atoms with E-state index in [1.54, 1.807) is 42.3 Å². The molecule has 35 heavy (non-hydrogen) atoms. The molecule has 0 saturated heterocycles. The second-order valence-corrected chi connectivity index (χ2v) is 10.0. The number of aryl methyl sites for hydroxylation is 2. The molecule has 7 nitrogen and oxygen atoms in total. The summed E-state index contributed by atoms with van der Waals surface area (Å²) >= 11 is 0. The number of aromatic nitrogens is 4. The van der Waals surface area contributed by atoms with Gasteiger partial charge in [0.1, 0.15) is 0 Å². The molecule has 0 fully saturated rings. The Morgan fingerprint density at radius 2 is 1.80 bits per heavy atom. The minimum absolute atomic E-state index is 0.0311. The van der Waals surface area contributed by atoms with Crippen molar-refractivity contribution in [2.45, 2.75) is 29.8 Å². The van der Waals surface area contributed by atoms with Crippen LogP contribution in [0.3, 0.4) is 0 Å². The molecule has 180 valence electrons. The maximum atomic E-state index is 13.5. The SMILES string of the molecule is Cn1cncc1-c1cc(C(F)(F)F)ccc1[C@H]1CCc2cc(S(=O)(=O)Nc3ncccn3)ccc21. The zero-order valence-corrected chi connectivity index (χ0v) is 19.3. The van der Waals surface area contributed by atoms with Crippen LogP contribution in [0, 0.1) is 0 Å². The van der Waals surface area contributed by atoms with Crippen molar-refractivity contribution in [3.8, 4) is 11.3 Å². The standard InChI is InChI=1S/C24H20F3N5O2S/c1-32-14-28-13-22(32)21-12-16(24(25,26)27)4-7-20(21)19-6-3-15-11-17(5-8-18(15)19)35(33,34)31-23-29-9-2-10-30-23/h2,4-5,7-14,19H,3,6H2,1H3,(H,29,30,31)/t19-/m0/s1. The summed E-state index contributed by atoms with van der Waals surface area (Å²) in [6, 6.07) is 10.2. The van der Waals surface area contributed by atoms with Crippen molar-refractivity contribution < 1.29 is 21.6 Å². The third-order valence-electron chi connectivity index (χ3n) is 6.14. The molecule has 0 radical (unpaired) electrons. The van der Waals surface area contributed by atoms with Crippen molar-refractivity contribution in [2.75, 3.05) is 4.72 Å². The number of halogens is 3. The summed E-state index contributed by atoms with van der Waals surface area (Å²) in [5.41, 5.74) is 2.77. The summed E-state index contributed by atoms with van der Waals surface area (Å²) in [5.74, 6) is -0.212. The summed E-state index contributed by atoms with van der Waals surface area (Å²) < 4.78 is 70.1. The second-order valence-electron chi connectivity index (χ2n) is 8.32. The van der Waals surface area contributed by atoms with Gasteiger partial charge in [-0.05, 0) is 59.9 Å². The predicted molar refractivity (Wildman–Crippen MR) is 123 cm³/mol. The second kappa shape index (κ2) is 8.49. The number of hydrogen-bond acceptors (Lipinski definition) is 5. The Labute approximate surface area is 199 Å². The molecule has 0 aliphatic heterocycles. The summed E-state index contributed by atoms with van der Waals surface area (Å²) in [5, 5.41) is 0. The number of nitrogens with zero attached hydrogens (tertiary/aromatic N) is 4. The summed E-state index contributed by atoms with van der Waals surface area (Å²) in [4.78, 5) is 11.9. The first-order valence-corrected chi connectivity index (χ1v) is 12.2. The van der Waals surface area contributed by atoms with Crippen molar-refractivity contribution in [2.24, 2.45) is 7.05 Å². The number of rotatable bonds is 5. The molecule has 0 saturated carbocycles. The smallest absolute Gasteiger partial charge is 0.334 e. The van der Waals surface area contributed by atoms with E-state index in [0.29, 0.717) is 24.1 Å². The van der Waals surface area contributed by atoms with Crippen LogP contribution < -0.4 is 4.72 Å². The topological polar surface area (TPSA) is 89.8 Å². The number of alkyl halides is 3. The van der Waals surface area contributed by atoms with Gasteiger partial charge in [-0.1, -0.05) is 12.1 Å². The lowest BCUT2D eigenvalue weighted by molar-refractivity contribution is -0.137. The maximum Gasteiger partial charge on any atom is 0.416 e. The molecule has 0 amide bonds. The minimum Gasteiger partial charge on any atom is -0.334 e. The lowest BCUT2D eigenvalue weighted by atomic mass is 9.87. The first-order valence-electron chi connectivity index (χ1n) is 10.7. The van der Waals surface area contributed by atoms with Gasteiger partial charge in [-0.2, -0.15) is 13.2 Å². The fourth-order valence-corrected chi connectivity index (χ4v) is 5.50. The van der Waals surface area contributed by atoms with E-state index >= 15 is 0 Å². The van der Waals surface area contributed by atoms with Gasteiger partial charge in [-0.15, -0.1) is 0 Å². The van der Waals surface area contributed by atoms with Gasteiger partial charge in [0.05, 0.1) is 28.7 Å². The van der Waals surface area contributed by atoms with E-state index in [2.05, 4.69) is 19.7 Å². The van der Waals surface area contributed by atoms with Crippen molar-refractivity contribution in [1.82, 2.24) is 19.5 Å². The largest absolute Gasteiger partial charge is 0.416 e. The Bertz CT molecular complexity index is 1500. The number of anilines is 1. The van der Waals surface area contributed by atoms with Crippen LogP contribution in [0.25, 0.3) is 11.3 Å². The number of sulfonamides is 1. The van der Waals surface area contributed by atoms with E-state index in [0.717, 1.165) is 28.8 Å². The molecule has 2 heterocycles. The van der Waals surface area contributed by atoms with Crippen molar-refractivity contribution in [3.05, 3.63) is 89.6 Å². The molecule has 1 aliphatic rings. The quantitative estimate of drug-likeness (QED) is 0.427. The number of fused-ring (bicyclic) bond motifs is 1. The van der Waals surface area contributed by atoms with Crippen LogP contribution in [-0.2, 0) is 29.7 Å². The van der Waals surface area contributed by atoms with E-state index < -0.39 is 21.8 Å². The summed E-state index contributed by atoms with van der Waals surface area (Å²) in [7, 11) is -2.17. The molecular formula is C24H20F3N5O2S. The van der Waals surface area contributed by atoms with Crippen molar-refractivity contribution in [1.29, 1.82) is 0 Å². The Morgan fingerprint density at radius 1 is 1.06 bits per heavy atom. The lowest BCUT2D eigenvalue weighted by Crippen LogP contribution is -2.15. The van der Waals surface area contributed by atoms with Gasteiger partial charge in [0.15, 0.2) is 0 Å².